The molecule has 3 aromatic carbocycles. The van der Waals surface area contributed by atoms with Gasteiger partial charge >= 0.3 is 0 Å². The number of thioether (sulfide) groups is 2. The first-order valence-corrected chi connectivity index (χ1v) is 19.2. The number of aliphatic imine (C=N–C) groups is 4. The number of rotatable bonds is 14. The van der Waals surface area contributed by atoms with Crippen LogP contribution in [0.25, 0.3) is 0 Å². The summed E-state index contributed by atoms with van der Waals surface area (Å²) in [6.07, 6.45) is 0. The van der Waals surface area contributed by atoms with Gasteiger partial charge in [-0.1, -0.05) is 47.6 Å². The van der Waals surface area contributed by atoms with Crippen molar-refractivity contribution in [3.8, 4) is 0 Å². The molecule has 0 unspecified atom stereocenters. The van der Waals surface area contributed by atoms with Gasteiger partial charge in [-0.3, -0.25) is 19.6 Å². The minimum atomic E-state index is -0.415. The summed E-state index contributed by atoms with van der Waals surface area (Å²) in [5, 5.41) is 6.14. The number of amidine groups is 2. The van der Waals surface area contributed by atoms with Crippen LogP contribution in [0.4, 0.5) is 22.7 Å². The van der Waals surface area contributed by atoms with Crippen molar-refractivity contribution in [3.05, 3.63) is 70.8 Å². The molecule has 0 saturated carbocycles. The minimum absolute atomic E-state index is 0.00787. The van der Waals surface area contributed by atoms with Gasteiger partial charge in [0.15, 0.2) is 11.9 Å². The van der Waals surface area contributed by atoms with Crippen molar-refractivity contribution >= 4 is 81.7 Å². The number of carbonyl (C=O) groups excluding carboxylic acids is 2. The second kappa shape index (κ2) is 18.7. The van der Waals surface area contributed by atoms with E-state index in [1.165, 1.54) is 23.5 Å². The fourth-order valence-electron chi connectivity index (χ4n) is 4.96. The Kier molecular flexibility index (Phi) is 15.0. The number of amides is 2. The van der Waals surface area contributed by atoms with Crippen molar-refractivity contribution in [1.29, 1.82) is 0 Å². The molecule has 0 saturated heterocycles. The molecule has 14 N–H and O–H groups in total. The third-order valence-corrected chi connectivity index (χ3v) is 9.82. The predicted octanol–water partition coefficient (Wildman–Crippen LogP) is 5.53. The van der Waals surface area contributed by atoms with Gasteiger partial charge in [0, 0.05) is 22.6 Å². The van der Waals surface area contributed by atoms with Gasteiger partial charge in [-0.05, 0) is 78.3 Å². The van der Waals surface area contributed by atoms with E-state index in [1.807, 2.05) is 24.3 Å². The molecule has 3 aromatic rings. The maximum absolute atomic E-state index is 13.9. The highest BCUT2D eigenvalue weighted by Crippen LogP contribution is 2.42. The molecule has 290 valence electrons. The van der Waals surface area contributed by atoms with Crippen LogP contribution in [0, 0.1) is 0 Å². The Morgan fingerprint density at radius 2 is 0.981 bits per heavy atom. The fourth-order valence-corrected chi connectivity index (χ4v) is 6.77. The normalized spacial score (nSPS) is 12.2. The van der Waals surface area contributed by atoms with Crippen molar-refractivity contribution in [2.24, 2.45) is 54.4 Å². The van der Waals surface area contributed by atoms with E-state index in [2.05, 4.69) is 72.1 Å². The van der Waals surface area contributed by atoms with E-state index in [9.17, 15) is 9.59 Å². The molecule has 2 amide bonds. The van der Waals surface area contributed by atoms with Crippen molar-refractivity contribution < 1.29 is 9.59 Å². The van der Waals surface area contributed by atoms with Gasteiger partial charge in [0.2, 0.25) is 0 Å². The number of anilines is 2. The Hall–Kier alpha value is -5.22. The van der Waals surface area contributed by atoms with Gasteiger partial charge in [-0.15, -0.1) is 23.5 Å². The highest BCUT2D eigenvalue weighted by Gasteiger charge is 2.23. The molecule has 0 aliphatic rings. The smallest absolute Gasteiger partial charge is 0.255 e. The Bertz CT molecular complexity index is 1820. The maximum Gasteiger partial charge on any atom is 0.255 e. The van der Waals surface area contributed by atoms with E-state index in [0.29, 0.717) is 68.8 Å². The zero-order valence-electron chi connectivity index (χ0n) is 32.3. The van der Waals surface area contributed by atoms with E-state index in [4.69, 9.17) is 34.4 Å². The van der Waals surface area contributed by atoms with E-state index in [1.54, 1.807) is 38.1 Å². The number of benzene rings is 3. The number of carbonyl (C=O) groups is 2. The first-order valence-electron chi connectivity index (χ1n) is 17.2. The molecule has 16 heteroatoms. The third kappa shape index (κ3) is 13.0. The second-order valence-corrected chi connectivity index (χ2v) is 16.8. The molecule has 0 heterocycles. The van der Waals surface area contributed by atoms with E-state index < -0.39 is 11.8 Å². The molecule has 3 rings (SSSR count). The number of nitrogens with two attached hydrogens (primary N) is 6. The Balaban J connectivity index is 2.05. The molecular weight excluding hydrogens is 721 g/mol. The van der Waals surface area contributed by atoms with Crippen LogP contribution in [0.3, 0.4) is 0 Å². The maximum atomic E-state index is 13.9. The van der Waals surface area contributed by atoms with Crippen LogP contribution in [0.2, 0.25) is 0 Å². The van der Waals surface area contributed by atoms with Gasteiger partial charge in [0.1, 0.15) is 0 Å². The first kappa shape index (κ1) is 43.2. The zero-order valence-corrected chi connectivity index (χ0v) is 34.0. The third-order valence-electron chi connectivity index (χ3n) is 7.61. The summed E-state index contributed by atoms with van der Waals surface area (Å²) < 4.78 is 0. The summed E-state index contributed by atoms with van der Waals surface area (Å²) in [6, 6.07) is 14.3. The van der Waals surface area contributed by atoms with Crippen LogP contribution in [0.1, 0.15) is 87.2 Å². The topological polar surface area (TPSA) is 264 Å². The molecule has 0 aliphatic carbocycles. The van der Waals surface area contributed by atoms with E-state index in [0.717, 1.165) is 11.1 Å². The number of nitrogens with one attached hydrogen (secondary N) is 2. The summed E-state index contributed by atoms with van der Waals surface area (Å²) in [6.45, 7) is 16.6. The van der Waals surface area contributed by atoms with Crippen molar-refractivity contribution in [1.82, 2.24) is 0 Å². The van der Waals surface area contributed by atoms with Crippen molar-refractivity contribution in [3.63, 3.8) is 0 Å². The van der Waals surface area contributed by atoms with E-state index in [-0.39, 0.29) is 33.9 Å². The van der Waals surface area contributed by atoms with Gasteiger partial charge in [-0.25, -0.2) is 9.98 Å². The van der Waals surface area contributed by atoms with Gasteiger partial charge in [0.05, 0.1) is 57.3 Å². The molecule has 0 bridgehead atoms. The molecule has 0 aromatic heterocycles. The van der Waals surface area contributed by atoms with Gasteiger partial charge < -0.3 is 45.0 Å². The van der Waals surface area contributed by atoms with Crippen molar-refractivity contribution in [2.45, 2.75) is 76.0 Å². The molecule has 14 nitrogen and oxygen atoms in total. The van der Waals surface area contributed by atoms with Crippen LogP contribution in [0.5, 0.6) is 0 Å². The molecule has 0 radical (unpaired) electrons. The quantitative estimate of drug-likeness (QED) is 0.0439. The molecule has 0 atom stereocenters. The minimum Gasteiger partial charge on any atom is -0.387 e. The number of guanidine groups is 2. The van der Waals surface area contributed by atoms with Crippen LogP contribution in [0.15, 0.2) is 78.3 Å². The Morgan fingerprint density at radius 1 is 0.611 bits per heavy atom. The SMILES string of the molecule is CC(N)=Nc1cc(C(C)(C)C)cc(NC(=O)c2cccc(C(=O)Nc3cc(C(C)(C)C)cc(N=C(C)N)c3SCCN=C(N)N)c2)c1SCCN=C(N)N. The van der Waals surface area contributed by atoms with Crippen molar-refractivity contribution in [2.75, 3.05) is 35.2 Å². The van der Waals surface area contributed by atoms with Crippen LogP contribution in [-0.4, -0.2) is 60.0 Å². The lowest BCUT2D eigenvalue weighted by molar-refractivity contribution is 0.102. The molecule has 0 fully saturated rings. The molecule has 0 spiro atoms. The number of hydrogen-bond donors (Lipinski definition) is 8. The summed E-state index contributed by atoms with van der Waals surface area (Å²) in [5.74, 6) is 0.912. The number of hydrogen-bond acceptors (Lipinski definition) is 8. The summed E-state index contributed by atoms with van der Waals surface area (Å²) in [4.78, 5) is 46.6. The Morgan fingerprint density at radius 3 is 1.30 bits per heavy atom. The average Bonchev–Trinajstić information content (AvgIpc) is 3.04. The molecule has 0 aliphatic heterocycles. The lowest BCUT2D eigenvalue weighted by Gasteiger charge is -2.23. The predicted molar refractivity (Wildman–Crippen MR) is 229 cm³/mol. The Labute approximate surface area is 326 Å². The largest absolute Gasteiger partial charge is 0.387 e. The van der Waals surface area contributed by atoms with E-state index >= 15 is 0 Å². The van der Waals surface area contributed by atoms with Gasteiger partial charge in [0.25, 0.3) is 11.8 Å². The first-order chi connectivity index (χ1) is 25.1. The summed E-state index contributed by atoms with van der Waals surface area (Å²) >= 11 is 2.88. The average molecular weight is 775 g/mol. The lowest BCUT2D eigenvalue weighted by atomic mass is 9.86. The van der Waals surface area contributed by atoms with Crippen LogP contribution in [-0.2, 0) is 10.8 Å². The monoisotopic (exact) mass is 774 g/mol. The highest BCUT2D eigenvalue weighted by molar-refractivity contribution is 7.99. The summed E-state index contributed by atoms with van der Waals surface area (Å²) in [5.41, 5.74) is 38.4. The highest BCUT2D eigenvalue weighted by atomic mass is 32.2. The fraction of sp³-hybridized carbons (Fsp3) is 0.368. The molecular formula is C38H54N12O2S2. The number of nitrogens with zero attached hydrogens (tertiary/aromatic N) is 4. The lowest BCUT2D eigenvalue weighted by Crippen LogP contribution is -2.23. The molecule has 54 heavy (non-hydrogen) atoms. The zero-order chi connectivity index (χ0) is 40.4. The standard InChI is InChI=1S/C38H54N12O2S2/c1-21(39)47-27-17-25(37(3,4)5)19-29(31(27)53-14-12-45-35(41)42)49-33(51)23-10-9-11-24(16-23)34(52)50-30-20-26(38(6,7)8)18-28(48-22(2)40)32(30)54-15-13-46-36(43)44/h9-11,16-20H,12-15H2,1-8H3,(H2,39,47)(H2,40,48)(H,49,51)(H,50,52)(H4,41,42,45)(H4,43,44,46). The second-order valence-electron chi connectivity index (χ2n) is 14.5. The van der Waals surface area contributed by atoms with Crippen LogP contribution >= 0.6 is 23.5 Å². The summed E-state index contributed by atoms with van der Waals surface area (Å²) in [7, 11) is 0. The van der Waals surface area contributed by atoms with Crippen LogP contribution < -0.4 is 45.0 Å². The van der Waals surface area contributed by atoms with Gasteiger partial charge in [-0.2, -0.15) is 0 Å².